The molecule has 50 heavy (non-hydrogen) atoms. The summed E-state index contributed by atoms with van der Waals surface area (Å²) in [6.45, 7) is 7.91. The van der Waals surface area contributed by atoms with Crippen molar-refractivity contribution in [3.63, 3.8) is 0 Å². The van der Waals surface area contributed by atoms with E-state index in [0.29, 0.717) is 50.5 Å². The molecule has 5 aromatic rings. The van der Waals surface area contributed by atoms with Crippen LogP contribution in [-0.2, 0) is 16.1 Å². The minimum absolute atomic E-state index is 0.0804. The molecule has 0 bridgehead atoms. The number of hydrogen-bond donors (Lipinski definition) is 4. The van der Waals surface area contributed by atoms with Crippen LogP contribution in [0.5, 0.6) is 5.75 Å². The van der Waals surface area contributed by atoms with E-state index < -0.39 is 12.1 Å². The van der Waals surface area contributed by atoms with Crippen molar-refractivity contribution in [3.8, 4) is 5.75 Å². The number of benzene rings is 3. The maximum atomic E-state index is 13.0. The zero-order valence-electron chi connectivity index (χ0n) is 29.0. The lowest BCUT2D eigenvalue weighted by Gasteiger charge is -2.26. The molecule has 0 spiro atoms. The van der Waals surface area contributed by atoms with Crippen molar-refractivity contribution >= 4 is 78.9 Å². The quantitative estimate of drug-likeness (QED) is 0.0317. The van der Waals surface area contributed by atoms with Gasteiger partial charge in [-0.15, -0.1) is 0 Å². The number of aromatic nitrogens is 2. The molecule has 0 saturated carbocycles. The summed E-state index contributed by atoms with van der Waals surface area (Å²) in [6, 6.07) is 14.7. The van der Waals surface area contributed by atoms with E-state index in [-0.39, 0.29) is 16.1 Å². The number of aryl methyl sites for hydroxylation is 2. The first kappa shape index (κ1) is 36.8. The van der Waals surface area contributed by atoms with Gasteiger partial charge in [-0.2, -0.15) is 0 Å². The van der Waals surface area contributed by atoms with Crippen LogP contribution >= 0.6 is 22.6 Å². The smallest absolute Gasteiger partial charge is 0.410 e. The summed E-state index contributed by atoms with van der Waals surface area (Å²) >= 11 is 2.22. The molecule has 3 aromatic carbocycles. The number of hydrogen-bond acceptors (Lipinski definition) is 7. The number of nitrogens with one attached hydrogen (secondary N) is 3. The van der Waals surface area contributed by atoms with Crippen molar-refractivity contribution in [2.45, 2.75) is 44.5 Å². The summed E-state index contributed by atoms with van der Waals surface area (Å²) in [5, 5.41) is 9.84. The number of rotatable bonds is 14. The first-order valence-corrected chi connectivity index (χ1v) is 17.8. The highest BCUT2D eigenvalue weighted by atomic mass is 127. The number of H-pyrrole nitrogens is 1. The van der Waals surface area contributed by atoms with Gasteiger partial charge in [-0.1, -0.05) is 19.1 Å². The third-order valence-electron chi connectivity index (χ3n) is 8.97. The number of anilines is 1. The van der Waals surface area contributed by atoms with Crippen LogP contribution in [-0.4, -0.2) is 75.8 Å². The van der Waals surface area contributed by atoms with Gasteiger partial charge >= 0.3 is 12.1 Å². The van der Waals surface area contributed by atoms with Gasteiger partial charge in [0.05, 0.1) is 12.1 Å². The third-order valence-corrected chi connectivity index (χ3v) is 10.3. The second-order valence-electron chi connectivity index (χ2n) is 12.6. The van der Waals surface area contributed by atoms with Crippen LogP contribution in [0.2, 0.25) is 0 Å². The van der Waals surface area contributed by atoms with E-state index in [1.807, 2.05) is 79.8 Å². The zero-order chi connectivity index (χ0) is 35.9. The largest absolute Gasteiger partial charge is 0.415 e. The predicted molar refractivity (Wildman–Crippen MR) is 206 cm³/mol. The number of nitrogens with zero attached hydrogens (tertiary/aromatic N) is 3. The van der Waals surface area contributed by atoms with E-state index >= 15 is 0 Å². The predicted octanol–water partition coefficient (Wildman–Crippen LogP) is 6.81. The van der Waals surface area contributed by atoms with Gasteiger partial charge in [-0.05, 0) is 115 Å². The molecule has 5 rings (SSSR count). The van der Waals surface area contributed by atoms with Crippen molar-refractivity contribution in [1.82, 2.24) is 25.1 Å². The van der Waals surface area contributed by atoms with Crippen LogP contribution < -0.4 is 21.1 Å². The van der Waals surface area contributed by atoms with Crippen molar-refractivity contribution in [3.05, 3.63) is 77.6 Å². The SMILES string of the molecule is Cc1c2ccncc2c(C)c2c1[nH]c1ccc(OC(=O)N(C)CCN(C)[C@H](I)OCc3ccc(NC(=O)[C@@H](C)CCCNC(N)=O)cc3)cc12. The summed E-state index contributed by atoms with van der Waals surface area (Å²) in [6.07, 6.45) is 4.58. The summed E-state index contributed by atoms with van der Waals surface area (Å²) in [5.74, 6) is 0.201. The minimum Gasteiger partial charge on any atom is -0.410 e. The molecule has 2 atom stereocenters. The number of nitrogens with two attached hydrogens (primary N) is 1. The number of halogens is 1. The highest BCUT2D eigenvalue weighted by Gasteiger charge is 2.19. The van der Waals surface area contributed by atoms with Crippen molar-refractivity contribution in [2.24, 2.45) is 11.7 Å². The number of pyridine rings is 1. The van der Waals surface area contributed by atoms with Crippen LogP contribution in [0.1, 0.15) is 36.5 Å². The van der Waals surface area contributed by atoms with Gasteiger partial charge in [-0.3, -0.25) is 14.7 Å². The second-order valence-corrected chi connectivity index (χ2v) is 13.7. The molecular formula is C37H44IN7O5. The van der Waals surface area contributed by atoms with E-state index in [0.717, 1.165) is 43.9 Å². The minimum atomic E-state index is -0.564. The molecule has 0 radical (unpaired) electrons. The maximum absolute atomic E-state index is 13.0. The fraction of sp³-hybridized carbons (Fsp3) is 0.351. The van der Waals surface area contributed by atoms with Crippen LogP contribution in [0.3, 0.4) is 0 Å². The van der Waals surface area contributed by atoms with Crippen LogP contribution in [0.15, 0.2) is 60.9 Å². The topological polar surface area (TPSA) is 155 Å². The number of fused-ring (bicyclic) bond motifs is 4. The highest BCUT2D eigenvalue weighted by molar-refractivity contribution is 14.1. The Balaban J connectivity index is 1.08. The Morgan fingerprint density at radius 2 is 1.76 bits per heavy atom. The third kappa shape index (κ3) is 8.81. The molecule has 0 aliphatic heterocycles. The molecule has 0 aliphatic carbocycles. The number of alkyl halides is 1. The van der Waals surface area contributed by atoms with E-state index in [1.54, 1.807) is 11.9 Å². The van der Waals surface area contributed by atoms with E-state index in [4.69, 9.17) is 15.2 Å². The molecule has 4 amide bonds. The number of carbonyl (C=O) groups excluding carboxylic acids is 3. The molecule has 12 nitrogen and oxygen atoms in total. The fourth-order valence-corrected chi connectivity index (χ4v) is 6.33. The van der Waals surface area contributed by atoms with E-state index in [2.05, 4.69) is 57.0 Å². The molecule has 2 aromatic heterocycles. The molecule has 5 N–H and O–H groups in total. The Labute approximate surface area is 305 Å². The van der Waals surface area contributed by atoms with Crippen LogP contribution in [0, 0.1) is 19.8 Å². The monoisotopic (exact) mass is 793 g/mol. The Kier molecular flexibility index (Phi) is 12.1. The molecule has 2 heterocycles. The van der Waals surface area contributed by atoms with Crippen molar-refractivity contribution < 1.29 is 23.9 Å². The zero-order valence-corrected chi connectivity index (χ0v) is 31.2. The number of aromatic amines is 1. The van der Waals surface area contributed by atoms with Crippen LogP contribution in [0.4, 0.5) is 15.3 Å². The summed E-state index contributed by atoms with van der Waals surface area (Å²) in [4.78, 5) is 47.8. The van der Waals surface area contributed by atoms with Gasteiger partial charge < -0.3 is 35.7 Å². The molecule has 264 valence electrons. The van der Waals surface area contributed by atoms with Gasteiger partial charge in [-0.25, -0.2) is 9.59 Å². The van der Waals surface area contributed by atoms with Gasteiger partial charge in [0.1, 0.15) is 5.75 Å². The number of carbonyl (C=O) groups is 3. The number of amides is 4. The standard InChI is InChI=1S/C37H44IN7O5/c1-22(7-6-15-41-36(39)47)34(46)42-26-10-8-25(9-11-26)21-49-35(38)44(4)17-18-45(5)37(48)50-27-12-13-31-29(19-27)32-23(2)30-20-40-16-14-28(30)24(3)33(32)43-31/h8-14,16,19-20,22,35,43H,6-7,15,17-18,21H2,1-5H3,(H,42,46)(H3,39,41,47)/t22-,35-/m0/s1. The lowest BCUT2D eigenvalue weighted by molar-refractivity contribution is -0.119. The van der Waals surface area contributed by atoms with Crippen LogP contribution in [0.25, 0.3) is 32.6 Å². The van der Waals surface area contributed by atoms with E-state index in [9.17, 15) is 14.4 Å². The maximum Gasteiger partial charge on any atom is 0.415 e. The Hall–Kier alpha value is -4.47. The lowest BCUT2D eigenvalue weighted by atomic mass is 9.97. The Bertz CT molecular complexity index is 2000. The second kappa shape index (κ2) is 16.5. The molecule has 13 heteroatoms. The van der Waals surface area contributed by atoms with Gasteiger partial charge in [0.25, 0.3) is 0 Å². The number of urea groups is 1. The van der Waals surface area contributed by atoms with Gasteiger partial charge in [0, 0.05) is 72.4 Å². The van der Waals surface area contributed by atoms with Crippen molar-refractivity contribution in [1.29, 1.82) is 0 Å². The van der Waals surface area contributed by atoms with Gasteiger partial charge in [0.15, 0.2) is 4.23 Å². The van der Waals surface area contributed by atoms with Gasteiger partial charge in [0.2, 0.25) is 5.91 Å². The van der Waals surface area contributed by atoms with Crippen molar-refractivity contribution in [2.75, 3.05) is 39.0 Å². The molecule has 0 saturated heterocycles. The summed E-state index contributed by atoms with van der Waals surface area (Å²) < 4.78 is 11.6. The normalized spacial score (nSPS) is 12.7. The Morgan fingerprint density at radius 1 is 1.00 bits per heavy atom. The molecule has 0 aliphatic rings. The number of ether oxygens (including phenoxy) is 2. The Morgan fingerprint density at radius 3 is 2.50 bits per heavy atom. The first-order chi connectivity index (χ1) is 23.9. The first-order valence-electron chi connectivity index (χ1n) is 16.5. The highest BCUT2D eigenvalue weighted by Crippen LogP contribution is 2.37. The summed E-state index contributed by atoms with van der Waals surface area (Å²) in [7, 11) is 3.66. The van der Waals surface area contributed by atoms with E-state index in [1.165, 1.54) is 5.39 Å². The molecule has 0 unspecified atom stereocenters. The number of likely N-dealkylation sites (N-methyl/N-ethyl adjacent to an activating group) is 2. The molecule has 0 fully saturated rings. The number of primary amides is 1. The summed E-state index contributed by atoms with van der Waals surface area (Å²) in [5.41, 5.74) is 11.1. The molecular weight excluding hydrogens is 749 g/mol. The average Bonchev–Trinajstić information content (AvgIpc) is 3.50. The lowest BCUT2D eigenvalue weighted by Crippen LogP contribution is -2.39. The average molecular weight is 794 g/mol. The fourth-order valence-electron chi connectivity index (χ4n) is 5.87.